The summed E-state index contributed by atoms with van der Waals surface area (Å²) < 4.78 is 0.931. The van der Waals surface area contributed by atoms with Crippen molar-refractivity contribution in [2.24, 2.45) is 0 Å². The van der Waals surface area contributed by atoms with Crippen molar-refractivity contribution in [3.8, 4) is 0 Å². The lowest BCUT2D eigenvalue weighted by molar-refractivity contribution is -0.385. The summed E-state index contributed by atoms with van der Waals surface area (Å²) in [4.78, 5) is 10.7. The van der Waals surface area contributed by atoms with Crippen LogP contribution >= 0.6 is 15.9 Å². The molecule has 0 fully saturated rings. The molecule has 2 rings (SSSR count). The zero-order valence-corrected chi connectivity index (χ0v) is 11.9. The van der Waals surface area contributed by atoms with E-state index in [2.05, 4.69) is 21.2 Å². The molecule has 2 aromatic carbocycles. The Labute approximate surface area is 119 Å². The van der Waals surface area contributed by atoms with Gasteiger partial charge in [-0.25, -0.2) is 0 Å². The molecule has 0 saturated carbocycles. The smallest absolute Gasteiger partial charge is 0.274 e. The number of nitro benzene ring substituents is 1. The van der Waals surface area contributed by atoms with E-state index in [0.29, 0.717) is 5.56 Å². The molecule has 0 aliphatic rings. The third kappa shape index (κ3) is 3.12. The van der Waals surface area contributed by atoms with Crippen molar-refractivity contribution >= 4 is 27.3 Å². The van der Waals surface area contributed by atoms with Crippen molar-refractivity contribution < 1.29 is 4.92 Å². The molecule has 1 N–H and O–H groups in total. The van der Waals surface area contributed by atoms with Crippen LogP contribution in [-0.2, 0) is 0 Å². The third-order valence-electron chi connectivity index (χ3n) is 2.85. The first-order valence-corrected chi connectivity index (χ1v) is 6.63. The van der Waals surface area contributed by atoms with Crippen LogP contribution in [0.25, 0.3) is 0 Å². The van der Waals surface area contributed by atoms with E-state index in [4.69, 9.17) is 0 Å². The quantitative estimate of drug-likeness (QED) is 0.665. The van der Waals surface area contributed by atoms with Gasteiger partial charge in [0.25, 0.3) is 5.69 Å². The molecule has 1 unspecified atom stereocenters. The summed E-state index contributed by atoms with van der Waals surface area (Å²) in [6.07, 6.45) is 0. The second kappa shape index (κ2) is 5.84. The first-order chi connectivity index (χ1) is 9.09. The van der Waals surface area contributed by atoms with Gasteiger partial charge in [-0.2, -0.15) is 0 Å². The van der Waals surface area contributed by atoms with E-state index in [9.17, 15) is 10.1 Å². The number of nitro groups is 1. The van der Waals surface area contributed by atoms with Crippen LogP contribution in [0, 0.1) is 10.1 Å². The summed E-state index contributed by atoms with van der Waals surface area (Å²) in [6.45, 7) is 1.90. The lowest BCUT2D eigenvalue weighted by Crippen LogP contribution is -2.09. The molecule has 0 aliphatic heterocycles. The van der Waals surface area contributed by atoms with Crippen molar-refractivity contribution in [2.75, 3.05) is 5.32 Å². The lowest BCUT2D eigenvalue weighted by atomic mass is 10.1. The first-order valence-electron chi connectivity index (χ1n) is 5.84. The molecule has 5 heteroatoms. The van der Waals surface area contributed by atoms with E-state index in [1.165, 1.54) is 6.07 Å². The second-order valence-corrected chi connectivity index (χ2v) is 5.02. The topological polar surface area (TPSA) is 55.2 Å². The molecule has 98 valence electrons. The van der Waals surface area contributed by atoms with Gasteiger partial charge in [-0.15, -0.1) is 0 Å². The molecule has 19 heavy (non-hydrogen) atoms. The normalized spacial score (nSPS) is 11.9. The Kier molecular flexibility index (Phi) is 4.16. The summed E-state index contributed by atoms with van der Waals surface area (Å²) in [7, 11) is 0. The zero-order valence-electron chi connectivity index (χ0n) is 10.3. The van der Waals surface area contributed by atoms with Gasteiger partial charge < -0.3 is 5.32 Å². The maximum Gasteiger partial charge on any atom is 0.274 e. The van der Waals surface area contributed by atoms with Gasteiger partial charge >= 0.3 is 0 Å². The summed E-state index contributed by atoms with van der Waals surface area (Å²) >= 11 is 3.45. The number of halogens is 1. The van der Waals surface area contributed by atoms with Gasteiger partial charge in [0.1, 0.15) is 0 Å². The van der Waals surface area contributed by atoms with Crippen molar-refractivity contribution in [1.29, 1.82) is 0 Å². The molecule has 0 bridgehead atoms. The average molecular weight is 321 g/mol. The molecule has 4 nitrogen and oxygen atoms in total. The Morgan fingerprint density at radius 3 is 2.47 bits per heavy atom. The van der Waals surface area contributed by atoms with Crippen molar-refractivity contribution in [1.82, 2.24) is 0 Å². The van der Waals surface area contributed by atoms with Crippen LogP contribution in [-0.4, -0.2) is 4.92 Å². The monoisotopic (exact) mass is 320 g/mol. The fourth-order valence-corrected chi connectivity index (χ4v) is 2.31. The van der Waals surface area contributed by atoms with Crippen molar-refractivity contribution in [2.45, 2.75) is 13.0 Å². The number of hydrogen-bond donors (Lipinski definition) is 1. The summed E-state index contributed by atoms with van der Waals surface area (Å²) in [5, 5.41) is 14.3. The van der Waals surface area contributed by atoms with Gasteiger partial charge in [0, 0.05) is 16.2 Å². The molecule has 0 radical (unpaired) electrons. The van der Waals surface area contributed by atoms with Crippen LogP contribution in [0.4, 0.5) is 11.4 Å². The molecule has 0 aromatic heterocycles. The highest BCUT2D eigenvalue weighted by Gasteiger charge is 2.18. The molecular formula is C14H13BrN2O2. The van der Waals surface area contributed by atoms with E-state index in [0.717, 1.165) is 10.2 Å². The molecule has 0 heterocycles. The fourth-order valence-electron chi connectivity index (χ4n) is 1.91. The summed E-state index contributed by atoms with van der Waals surface area (Å²) in [5.74, 6) is 0. The van der Waals surface area contributed by atoms with Gasteiger partial charge in [-0.05, 0) is 35.0 Å². The van der Waals surface area contributed by atoms with E-state index in [1.54, 1.807) is 18.2 Å². The van der Waals surface area contributed by atoms with E-state index in [-0.39, 0.29) is 16.7 Å². The van der Waals surface area contributed by atoms with Gasteiger partial charge in [-0.1, -0.05) is 30.3 Å². The zero-order chi connectivity index (χ0) is 13.8. The number of nitrogens with zero attached hydrogens (tertiary/aromatic N) is 1. The lowest BCUT2D eigenvalue weighted by Gasteiger charge is -2.16. The highest BCUT2D eigenvalue weighted by atomic mass is 79.9. The SMILES string of the molecule is CC(Nc1ccccc1Br)c1ccccc1[N+](=O)[O-]. The predicted octanol–water partition coefficient (Wildman–Crippen LogP) is 4.53. The maximum atomic E-state index is 11.0. The molecule has 1 atom stereocenters. The Balaban J connectivity index is 2.28. The summed E-state index contributed by atoms with van der Waals surface area (Å²) in [5.41, 5.74) is 1.71. The number of anilines is 1. The standard InChI is InChI=1S/C14H13BrN2O2/c1-10(16-13-8-4-3-7-12(13)15)11-6-2-5-9-14(11)17(18)19/h2-10,16H,1H3. The van der Waals surface area contributed by atoms with Crippen LogP contribution in [0.3, 0.4) is 0 Å². The minimum absolute atomic E-state index is 0.134. The van der Waals surface area contributed by atoms with Crippen LogP contribution in [0.1, 0.15) is 18.5 Å². The van der Waals surface area contributed by atoms with E-state index < -0.39 is 0 Å². The number of hydrogen-bond acceptors (Lipinski definition) is 3. The number of nitrogens with one attached hydrogen (secondary N) is 1. The van der Waals surface area contributed by atoms with Gasteiger partial charge in [0.05, 0.1) is 16.5 Å². The maximum absolute atomic E-state index is 11.0. The molecule has 0 spiro atoms. The van der Waals surface area contributed by atoms with Crippen molar-refractivity contribution in [3.63, 3.8) is 0 Å². The first kappa shape index (κ1) is 13.5. The number of para-hydroxylation sites is 2. The number of rotatable bonds is 4. The van der Waals surface area contributed by atoms with Gasteiger partial charge in [-0.3, -0.25) is 10.1 Å². The highest BCUT2D eigenvalue weighted by molar-refractivity contribution is 9.10. The second-order valence-electron chi connectivity index (χ2n) is 4.16. The Bertz CT molecular complexity index is 602. The summed E-state index contributed by atoms with van der Waals surface area (Å²) in [6, 6.07) is 14.3. The molecule has 0 aliphatic carbocycles. The Morgan fingerprint density at radius 1 is 1.16 bits per heavy atom. The average Bonchev–Trinajstić information content (AvgIpc) is 2.41. The van der Waals surface area contributed by atoms with Crippen LogP contribution < -0.4 is 5.32 Å². The Hall–Kier alpha value is -1.88. The third-order valence-corrected chi connectivity index (χ3v) is 3.54. The molecular weight excluding hydrogens is 308 g/mol. The fraction of sp³-hybridized carbons (Fsp3) is 0.143. The largest absolute Gasteiger partial charge is 0.377 e. The van der Waals surface area contributed by atoms with Gasteiger partial charge in [0.2, 0.25) is 0 Å². The van der Waals surface area contributed by atoms with Crippen LogP contribution in [0.2, 0.25) is 0 Å². The van der Waals surface area contributed by atoms with Crippen LogP contribution in [0.15, 0.2) is 53.0 Å². The van der Waals surface area contributed by atoms with Crippen LogP contribution in [0.5, 0.6) is 0 Å². The highest BCUT2D eigenvalue weighted by Crippen LogP contribution is 2.30. The minimum atomic E-state index is -0.354. The molecule has 2 aromatic rings. The van der Waals surface area contributed by atoms with E-state index in [1.807, 2.05) is 31.2 Å². The number of benzene rings is 2. The van der Waals surface area contributed by atoms with Crippen molar-refractivity contribution in [3.05, 3.63) is 68.7 Å². The molecule has 0 saturated heterocycles. The minimum Gasteiger partial charge on any atom is -0.377 e. The van der Waals surface area contributed by atoms with E-state index >= 15 is 0 Å². The molecule has 0 amide bonds. The van der Waals surface area contributed by atoms with Gasteiger partial charge in [0.15, 0.2) is 0 Å². The predicted molar refractivity (Wildman–Crippen MR) is 79.3 cm³/mol. The Morgan fingerprint density at radius 2 is 1.79 bits per heavy atom.